The first-order chi connectivity index (χ1) is 18.5. The lowest BCUT2D eigenvalue weighted by atomic mass is 9.77. The SMILES string of the molecule is CCN(CC)c1ccc2c(c1)Oc1ccc(Nc3ccccc3C(=O)O)cc1C21OC(=O)c2ccccc21. The van der Waals surface area contributed by atoms with E-state index in [0.717, 1.165) is 29.9 Å². The largest absolute Gasteiger partial charge is 0.478 e. The van der Waals surface area contributed by atoms with Crippen molar-refractivity contribution in [1.82, 2.24) is 0 Å². The van der Waals surface area contributed by atoms with E-state index in [9.17, 15) is 14.7 Å². The number of fused-ring (bicyclic) bond motifs is 6. The summed E-state index contributed by atoms with van der Waals surface area (Å²) in [7, 11) is 0. The van der Waals surface area contributed by atoms with Gasteiger partial charge in [-0.3, -0.25) is 0 Å². The van der Waals surface area contributed by atoms with Gasteiger partial charge in [-0.1, -0.05) is 30.3 Å². The molecule has 1 atom stereocenters. The third kappa shape index (κ3) is 3.50. The molecule has 7 heteroatoms. The molecule has 4 aromatic carbocycles. The minimum atomic E-state index is -1.21. The number of carbonyl (C=O) groups excluding carboxylic acids is 1. The number of esters is 1. The molecule has 38 heavy (non-hydrogen) atoms. The van der Waals surface area contributed by atoms with Crippen molar-refractivity contribution >= 4 is 29.0 Å². The first-order valence-electron chi connectivity index (χ1n) is 12.6. The summed E-state index contributed by atoms with van der Waals surface area (Å²) in [4.78, 5) is 27.2. The number of nitrogens with zero attached hydrogens (tertiary/aromatic N) is 1. The Morgan fingerprint density at radius 2 is 1.63 bits per heavy atom. The molecular formula is C31H26N2O5. The molecule has 190 valence electrons. The van der Waals surface area contributed by atoms with E-state index in [0.29, 0.717) is 34.0 Å². The van der Waals surface area contributed by atoms with Gasteiger partial charge in [0.2, 0.25) is 0 Å². The maximum Gasteiger partial charge on any atom is 0.340 e. The van der Waals surface area contributed by atoms with E-state index < -0.39 is 17.5 Å². The standard InChI is InChI=1S/C31H26N2O5/c1-3-33(4-2)20-14-15-24-28(18-20)37-27-16-13-19(32-26-12-8-6-10-22(26)29(34)35)17-25(27)31(24)23-11-7-5-9-21(23)30(36)38-31/h5-18,32H,3-4H2,1-2H3,(H,34,35). The van der Waals surface area contributed by atoms with Crippen LogP contribution < -0.4 is 15.0 Å². The number of carboxylic acids is 1. The van der Waals surface area contributed by atoms with E-state index in [2.05, 4.69) is 24.1 Å². The van der Waals surface area contributed by atoms with Crippen LogP contribution in [0.1, 0.15) is 51.3 Å². The highest BCUT2D eigenvalue weighted by Crippen LogP contribution is 2.57. The molecule has 6 rings (SSSR count). The quantitative estimate of drug-likeness (QED) is 0.287. The average molecular weight is 507 g/mol. The van der Waals surface area contributed by atoms with Gasteiger partial charge in [0.05, 0.1) is 16.8 Å². The van der Waals surface area contributed by atoms with Crippen LogP contribution in [0.25, 0.3) is 0 Å². The first kappa shape index (κ1) is 23.6. The molecule has 0 amide bonds. The van der Waals surface area contributed by atoms with E-state index >= 15 is 0 Å². The molecule has 0 saturated heterocycles. The summed E-state index contributed by atoms with van der Waals surface area (Å²) in [5.74, 6) is -0.233. The maximum absolute atomic E-state index is 13.2. The molecule has 2 N–H and O–H groups in total. The molecule has 1 unspecified atom stereocenters. The van der Waals surface area contributed by atoms with Gasteiger partial charge in [0, 0.05) is 47.2 Å². The Morgan fingerprint density at radius 3 is 2.42 bits per heavy atom. The number of benzene rings is 4. The summed E-state index contributed by atoms with van der Waals surface area (Å²) in [6.07, 6.45) is 0. The summed E-state index contributed by atoms with van der Waals surface area (Å²) < 4.78 is 12.7. The number of nitrogens with one attached hydrogen (secondary N) is 1. The third-order valence-corrected chi connectivity index (χ3v) is 7.26. The van der Waals surface area contributed by atoms with Crippen molar-refractivity contribution in [2.24, 2.45) is 0 Å². The highest BCUT2D eigenvalue weighted by atomic mass is 16.6. The van der Waals surface area contributed by atoms with Crippen LogP contribution in [0.5, 0.6) is 11.5 Å². The van der Waals surface area contributed by atoms with Crippen molar-refractivity contribution in [3.63, 3.8) is 0 Å². The van der Waals surface area contributed by atoms with Gasteiger partial charge >= 0.3 is 11.9 Å². The van der Waals surface area contributed by atoms with Crippen LogP contribution >= 0.6 is 0 Å². The molecule has 0 radical (unpaired) electrons. The van der Waals surface area contributed by atoms with Gasteiger partial charge < -0.3 is 24.8 Å². The summed E-state index contributed by atoms with van der Waals surface area (Å²) in [6, 6.07) is 25.6. The van der Waals surface area contributed by atoms with Crippen LogP contribution in [0, 0.1) is 0 Å². The molecule has 4 aromatic rings. The Kier molecular flexibility index (Phi) is 5.56. The normalized spacial score (nSPS) is 16.6. The fourth-order valence-electron chi connectivity index (χ4n) is 5.46. The predicted octanol–water partition coefficient (Wildman–Crippen LogP) is 6.54. The molecule has 7 nitrogen and oxygen atoms in total. The molecule has 0 aliphatic carbocycles. The first-order valence-corrected chi connectivity index (χ1v) is 12.6. The zero-order valence-electron chi connectivity index (χ0n) is 21.0. The zero-order chi connectivity index (χ0) is 26.4. The fraction of sp³-hybridized carbons (Fsp3) is 0.161. The highest BCUT2D eigenvalue weighted by molar-refractivity contribution is 5.97. The van der Waals surface area contributed by atoms with Crippen LogP contribution in [-0.4, -0.2) is 30.1 Å². The molecule has 2 aliphatic rings. The monoisotopic (exact) mass is 506 g/mol. The van der Waals surface area contributed by atoms with Crippen molar-refractivity contribution in [3.8, 4) is 11.5 Å². The van der Waals surface area contributed by atoms with Crippen molar-refractivity contribution in [3.05, 3.63) is 113 Å². The van der Waals surface area contributed by atoms with Crippen LogP contribution in [0.3, 0.4) is 0 Å². The summed E-state index contributed by atoms with van der Waals surface area (Å²) in [6.45, 7) is 5.91. The Labute approximate surface area is 220 Å². The van der Waals surface area contributed by atoms with Crippen molar-refractivity contribution in [2.75, 3.05) is 23.3 Å². The minimum Gasteiger partial charge on any atom is -0.478 e. The van der Waals surface area contributed by atoms with E-state index in [4.69, 9.17) is 9.47 Å². The van der Waals surface area contributed by atoms with E-state index in [1.165, 1.54) is 0 Å². The summed E-state index contributed by atoms with van der Waals surface area (Å²) >= 11 is 0. The molecule has 1 spiro atoms. The number of carbonyl (C=O) groups is 2. The lowest BCUT2D eigenvalue weighted by Crippen LogP contribution is -2.33. The number of hydrogen-bond donors (Lipinski definition) is 2. The van der Waals surface area contributed by atoms with E-state index in [1.807, 2.05) is 54.6 Å². The Bertz CT molecular complexity index is 1590. The predicted molar refractivity (Wildman–Crippen MR) is 145 cm³/mol. The Morgan fingerprint density at radius 1 is 0.868 bits per heavy atom. The van der Waals surface area contributed by atoms with Gasteiger partial charge in [-0.15, -0.1) is 0 Å². The molecule has 0 saturated carbocycles. The van der Waals surface area contributed by atoms with E-state index in [-0.39, 0.29) is 5.56 Å². The zero-order valence-corrected chi connectivity index (χ0v) is 21.0. The number of aromatic carboxylic acids is 1. The molecule has 2 heterocycles. The third-order valence-electron chi connectivity index (χ3n) is 7.26. The Balaban J connectivity index is 1.54. The van der Waals surface area contributed by atoms with Gasteiger partial charge in [-0.05, 0) is 62.4 Å². The number of ether oxygens (including phenoxy) is 2. The molecular weight excluding hydrogens is 480 g/mol. The van der Waals surface area contributed by atoms with Crippen LogP contribution in [-0.2, 0) is 10.3 Å². The van der Waals surface area contributed by atoms with Crippen molar-refractivity contribution in [2.45, 2.75) is 19.4 Å². The highest BCUT2D eigenvalue weighted by Gasteiger charge is 2.53. The summed E-state index contributed by atoms with van der Waals surface area (Å²) in [5.41, 5.74) is 3.73. The Hall–Kier alpha value is -4.78. The minimum absolute atomic E-state index is 0.156. The molecule has 0 aromatic heterocycles. The number of hydrogen-bond acceptors (Lipinski definition) is 6. The second-order valence-electron chi connectivity index (χ2n) is 9.26. The fourth-order valence-corrected chi connectivity index (χ4v) is 5.46. The number of carboxylic acid groups (broad SMARTS) is 1. The average Bonchev–Trinajstić information content (AvgIpc) is 3.23. The van der Waals surface area contributed by atoms with Crippen LogP contribution in [0.4, 0.5) is 17.1 Å². The van der Waals surface area contributed by atoms with Crippen LogP contribution in [0.2, 0.25) is 0 Å². The van der Waals surface area contributed by atoms with Gasteiger partial charge in [-0.25, -0.2) is 9.59 Å². The van der Waals surface area contributed by atoms with Crippen LogP contribution in [0.15, 0.2) is 84.9 Å². The molecule has 0 bridgehead atoms. The van der Waals surface area contributed by atoms with Gasteiger partial charge in [0.25, 0.3) is 0 Å². The lowest BCUT2D eigenvalue weighted by Gasteiger charge is -2.37. The second kappa shape index (κ2) is 8.95. The smallest absolute Gasteiger partial charge is 0.340 e. The number of para-hydroxylation sites is 1. The number of rotatable bonds is 6. The molecule has 0 fully saturated rings. The topological polar surface area (TPSA) is 88.1 Å². The van der Waals surface area contributed by atoms with Crippen molar-refractivity contribution < 1.29 is 24.2 Å². The van der Waals surface area contributed by atoms with Gasteiger partial charge in [0.1, 0.15) is 11.5 Å². The van der Waals surface area contributed by atoms with Gasteiger partial charge in [0.15, 0.2) is 5.60 Å². The summed E-state index contributed by atoms with van der Waals surface area (Å²) in [5, 5.41) is 12.9. The second-order valence-corrected chi connectivity index (χ2v) is 9.26. The molecule has 2 aliphatic heterocycles. The lowest BCUT2D eigenvalue weighted by molar-refractivity contribution is 0.0224. The van der Waals surface area contributed by atoms with Gasteiger partial charge in [-0.2, -0.15) is 0 Å². The van der Waals surface area contributed by atoms with Crippen molar-refractivity contribution in [1.29, 1.82) is 0 Å². The number of anilines is 3. The maximum atomic E-state index is 13.2. The van der Waals surface area contributed by atoms with E-state index in [1.54, 1.807) is 30.3 Å².